The molecule has 0 bridgehead atoms. The van der Waals surface area contributed by atoms with Crippen molar-refractivity contribution in [3.63, 3.8) is 0 Å². The fraction of sp³-hybridized carbons (Fsp3) is 0.296. The quantitative estimate of drug-likeness (QED) is 0.0731. The standard InChI is InChI=1S/C27H22F6O3.C16H14O2.C11H12BrF3O/c1-17(19-12-21(26(28,29)30)14-22(13-19)27(31,32)33)35-16-25(20-10-6-3-7-11-20)15-23(36-24(25)34)18-8-4-2-5-9-18;17-16-14(12-7-3-1-4-8-12)11-15(18-16)13-9-5-2-6-10-13;1-7-3-9(8(2)16-6-12)5-10(4-7)11(13,14)15/h2-14,17,23H,15-16H2,1H3;1-10,14-15H,11H2;3-5,8H,6H2,1-2H3/t17-,23+,25+;14-,15-;8-/m101/s1. The molecule has 0 radical (unpaired) electrons. The predicted octanol–water partition coefficient (Wildman–Crippen LogP) is 15.3. The highest BCUT2D eigenvalue weighted by Gasteiger charge is 2.51. The van der Waals surface area contributed by atoms with E-state index in [1.165, 1.54) is 6.92 Å². The molecule has 6 nitrogen and oxygen atoms in total. The molecule has 2 fully saturated rings. The summed E-state index contributed by atoms with van der Waals surface area (Å²) in [6.07, 6.45) is -15.5. The molecular weight excluding hydrogens is 995 g/mol. The van der Waals surface area contributed by atoms with E-state index >= 15 is 0 Å². The Morgan fingerprint density at radius 1 is 0.571 bits per heavy atom. The molecule has 0 N–H and O–H groups in total. The lowest BCUT2D eigenvalue weighted by molar-refractivity contribution is -0.148. The van der Waals surface area contributed by atoms with E-state index in [1.807, 2.05) is 78.9 Å². The van der Waals surface area contributed by atoms with Gasteiger partial charge in [0.2, 0.25) is 0 Å². The zero-order chi connectivity index (χ0) is 50.9. The predicted molar refractivity (Wildman–Crippen MR) is 247 cm³/mol. The van der Waals surface area contributed by atoms with Gasteiger partial charge in [0.15, 0.2) is 0 Å². The summed E-state index contributed by atoms with van der Waals surface area (Å²) in [4.78, 5) is 25.1. The Bertz CT molecular complexity index is 2610. The van der Waals surface area contributed by atoms with Gasteiger partial charge in [-0.3, -0.25) is 9.59 Å². The monoisotopic (exact) mass is 1040 g/mol. The lowest BCUT2D eigenvalue weighted by atomic mass is 9.77. The molecule has 2 heterocycles. The summed E-state index contributed by atoms with van der Waals surface area (Å²) in [6.45, 7) is 4.41. The number of benzene rings is 6. The Balaban J connectivity index is 0.000000196. The summed E-state index contributed by atoms with van der Waals surface area (Å²) in [5, 5.41) is 0. The van der Waals surface area contributed by atoms with Crippen molar-refractivity contribution in [3.05, 3.63) is 213 Å². The van der Waals surface area contributed by atoms with Crippen molar-refractivity contribution < 1.29 is 68.1 Å². The average Bonchev–Trinajstić information content (AvgIpc) is 3.90. The van der Waals surface area contributed by atoms with E-state index in [-0.39, 0.29) is 48.8 Å². The second-order valence-electron chi connectivity index (χ2n) is 16.8. The van der Waals surface area contributed by atoms with Crippen molar-refractivity contribution in [3.8, 4) is 0 Å². The molecule has 8 rings (SSSR count). The first-order valence-electron chi connectivity index (χ1n) is 22.0. The highest BCUT2D eigenvalue weighted by atomic mass is 79.9. The first kappa shape index (κ1) is 53.4. The van der Waals surface area contributed by atoms with Crippen LogP contribution in [0, 0.1) is 6.92 Å². The summed E-state index contributed by atoms with van der Waals surface area (Å²) in [7, 11) is 0. The largest absolute Gasteiger partial charge is 0.457 e. The number of aryl methyl sites for hydroxylation is 1. The molecule has 0 unspecified atom stereocenters. The highest BCUT2D eigenvalue weighted by Crippen LogP contribution is 2.46. The second kappa shape index (κ2) is 22.8. The summed E-state index contributed by atoms with van der Waals surface area (Å²) < 4.78 is 140. The van der Waals surface area contributed by atoms with Gasteiger partial charge in [-0.05, 0) is 84.5 Å². The van der Waals surface area contributed by atoms with Gasteiger partial charge in [0, 0.05) is 12.8 Å². The third-order valence-corrected chi connectivity index (χ3v) is 12.2. The SMILES string of the molecule is C[C@@H](OC[C@]1(c2ccccc2)C[C@@H](c2ccccc2)OC1=O)c1cc(C(F)(F)F)cc(C(F)(F)F)c1.Cc1cc([C@@H](C)OCBr)cc(C(F)(F)F)c1.O=C1O[C@H](c2ccccc2)C[C@H]1c1ccccc1. The van der Waals surface area contributed by atoms with Gasteiger partial charge >= 0.3 is 30.5 Å². The Morgan fingerprint density at radius 2 is 1.00 bits per heavy atom. The van der Waals surface area contributed by atoms with E-state index in [2.05, 4.69) is 15.9 Å². The number of cyclic esters (lactones) is 2. The second-order valence-corrected chi connectivity index (χ2v) is 17.3. The molecule has 6 aromatic carbocycles. The van der Waals surface area contributed by atoms with E-state index < -0.39 is 58.8 Å². The maximum Gasteiger partial charge on any atom is 0.416 e. The lowest BCUT2D eigenvalue weighted by Crippen LogP contribution is -2.37. The van der Waals surface area contributed by atoms with Gasteiger partial charge in [-0.2, -0.15) is 39.5 Å². The van der Waals surface area contributed by atoms with Gasteiger partial charge in [0.25, 0.3) is 0 Å². The molecule has 0 amide bonds. The Kier molecular flexibility index (Phi) is 17.4. The number of carbonyl (C=O) groups is 2. The van der Waals surface area contributed by atoms with Crippen LogP contribution in [0.4, 0.5) is 39.5 Å². The van der Waals surface area contributed by atoms with Crippen LogP contribution in [-0.2, 0) is 52.5 Å². The van der Waals surface area contributed by atoms with E-state index in [4.69, 9.17) is 18.9 Å². The van der Waals surface area contributed by atoms with Crippen LogP contribution >= 0.6 is 15.9 Å². The van der Waals surface area contributed by atoms with Crippen molar-refractivity contribution in [2.75, 3.05) is 12.1 Å². The van der Waals surface area contributed by atoms with Gasteiger partial charge in [0.05, 0.1) is 41.4 Å². The fourth-order valence-electron chi connectivity index (χ4n) is 8.12. The van der Waals surface area contributed by atoms with Gasteiger partial charge in [-0.15, -0.1) is 0 Å². The van der Waals surface area contributed by atoms with Crippen LogP contribution in [0.3, 0.4) is 0 Å². The number of ether oxygens (including phenoxy) is 4. The van der Waals surface area contributed by atoms with E-state index in [0.717, 1.165) is 35.2 Å². The summed E-state index contributed by atoms with van der Waals surface area (Å²) in [6, 6.07) is 42.7. The normalized spacial score (nSPS) is 20.0. The van der Waals surface area contributed by atoms with E-state index in [9.17, 15) is 49.1 Å². The van der Waals surface area contributed by atoms with Crippen LogP contribution in [0.1, 0.15) is 113 Å². The highest BCUT2D eigenvalue weighted by molar-refractivity contribution is 9.09. The number of rotatable bonds is 11. The number of carbonyl (C=O) groups excluding carboxylic acids is 2. The Hall–Kier alpha value is -5.97. The molecule has 0 saturated carbocycles. The topological polar surface area (TPSA) is 71.1 Å². The minimum Gasteiger partial charge on any atom is -0.457 e. The minimum absolute atomic E-state index is 0.0699. The zero-order valence-electron chi connectivity index (χ0n) is 38.0. The summed E-state index contributed by atoms with van der Waals surface area (Å²) >= 11 is 3.08. The first-order valence-corrected chi connectivity index (χ1v) is 23.1. The van der Waals surface area contributed by atoms with Crippen LogP contribution in [0.15, 0.2) is 158 Å². The van der Waals surface area contributed by atoms with Crippen molar-refractivity contribution in [2.24, 2.45) is 0 Å². The van der Waals surface area contributed by atoms with Crippen LogP contribution in [0.2, 0.25) is 0 Å². The summed E-state index contributed by atoms with van der Waals surface area (Å²) in [5.74, 6) is -0.818. The first-order chi connectivity index (χ1) is 33.1. The third-order valence-electron chi connectivity index (χ3n) is 11.9. The number of halogens is 10. The van der Waals surface area contributed by atoms with Crippen molar-refractivity contribution in [1.29, 1.82) is 0 Å². The zero-order valence-corrected chi connectivity index (χ0v) is 39.5. The van der Waals surface area contributed by atoms with Crippen molar-refractivity contribution >= 4 is 27.9 Å². The van der Waals surface area contributed by atoms with Gasteiger partial charge in [-0.25, -0.2) is 0 Å². The number of alkyl halides is 10. The van der Waals surface area contributed by atoms with Crippen LogP contribution in [0.5, 0.6) is 0 Å². The molecule has 16 heteroatoms. The molecule has 0 aromatic heterocycles. The van der Waals surface area contributed by atoms with Crippen LogP contribution in [0.25, 0.3) is 0 Å². The molecule has 0 aliphatic carbocycles. The Morgan fingerprint density at radius 3 is 1.49 bits per heavy atom. The lowest BCUT2D eigenvalue weighted by Gasteiger charge is -2.28. The van der Waals surface area contributed by atoms with E-state index in [0.29, 0.717) is 34.3 Å². The Labute approximate surface area is 407 Å². The molecule has 2 aliphatic heterocycles. The molecule has 70 heavy (non-hydrogen) atoms. The van der Waals surface area contributed by atoms with Crippen LogP contribution < -0.4 is 0 Å². The maximum atomic E-state index is 13.3. The van der Waals surface area contributed by atoms with Gasteiger partial charge in [-0.1, -0.05) is 149 Å². The molecular formula is C54H48BrF9O6. The minimum atomic E-state index is -4.97. The molecule has 2 aliphatic rings. The molecule has 6 atom stereocenters. The number of hydrogen-bond donors (Lipinski definition) is 0. The van der Waals surface area contributed by atoms with Crippen molar-refractivity contribution in [2.45, 2.75) is 87.9 Å². The third kappa shape index (κ3) is 13.7. The molecule has 370 valence electrons. The van der Waals surface area contributed by atoms with Gasteiger partial charge < -0.3 is 18.9 Å². The summed E-state index contributed by atoms with van der Waals surface area (Å²) in [5.41, 5.74) is -0.195. The average molecular weight is 1040 g/mol. The van der Waals surface area contributed by atoms with Crippen molar-refractivity contribution in [1.82, 2.24) is 0 Å². The molecule has 6 aromatic rings. The maximum absolute atomic E-state index is 13.3. The smallest absolute Gasteiger partial charge is 0.416 e. The van der Waals surface area contributed by atoms with Crippen LogP contribution in [-0.4, -0.2) is 24.1 Å². The van der Waals surface area contributed by atoms with E-state index in [1.54, 1.807) is 62.4 Å². The van der Waals surface area contributed by atoms with Gasteiger partial charge in [0.1, 0.15) is 23.1 Å². The number of esters is 2. The fourth-order valence-corrected chi connectivity index (χ4v) is 8.52. The number of hydrogen-bond acceptors (Lipinski definition) is 6. The molecule has 0 spiro atoms. The molecule has 2 saturated heterocycles.